The molecule has 0 aliphatic carbocycles. The number of hydrogen-bond donors (Lipinski definition) is 0. The summed E-state index contributed by atoms with van der Waals surface area (Å²) in [5.74, 6) is 1.93. The molecule has 5 heteroatoms. The fourth-order valence-electron chi connectivity index (χ4n) is 8.97. The monoisotopic (exact) mass is 739 g/mol. The Bertz CT molecular complexity index is 3330. The molecular weight excluding hydrogens is 707 g/mol. The third-order valence-electron chi connectivity index (χ3n) is 11.5. The summed E-state index contributed by atoms with van der Waals surface area (Å²) in [5.41, 5.74) is 12.0. The molecule has 1 aliphatic rings. The molecule has 0 unspecified atom stereocenters. The molecule has 58 heavy (non-hydrogen) atoms. The van der Waals surface area contributed by atoms with Crippen LogP contribution in [0.15, 0.2) is 200 Å². The predicted octanol–water partition coefficient (Wildman–Crippen LogP) is 13.7. The molecule has 0 bridgehead atoms. The van der Waals surface area contributed by atoms with Gasteiger partial charge in [-0.1, -0.05) is 152 Å². The number of hydrogen-bond acceptors (Lipinski definition) is 4. The molecular formula is C53H33N5. The number of rotatable bonds is 5. The number of aromatic nitrogens is 4. The van der Waals surface area contributed by atoms with Crippen LogP contribution in [0.5, 0.6) is 0 Å². The van der Waals surface area contributed by atoms with Gasteiger partial charge in [-0.05, 0) is 70.3 Å². The molecule has 5 nitrogen and oxygen atoms in total. The molecule has 3 heterocycles. The fraction of sp³-hybridized carbons (Fsp3) is 0. The lowest BCUT2D eigenvalue weighted by Gasteiger charge is -2.35. The first-order valence-corrected chi connectivity index (χ1v) is 19.6. The Balaban J connectivity index is 1.14. The van der Waals surface area contributed by atoms with Gasteiger partial charge < -0.3 is 9.47 Å². The largest absolute Gasteiger partial charge is 0.307 e. The highest BCUT2D eigenvalue weighted by atomic mass is 15.2. The van der Waals surface area contributed by atoms with Crippen molar-refractivity contribution < 1.29 is 0 Å². The van der Waals surface area contributed by atoms with Gasteiger partial charge in [-0.2, -0.15) is 0 Å². The van der Waals surface area contributed by atoms with Crippen LogP contribution in [0.3, 0.4) is 0 Å². The lowest BCUT2D eigenvalue weighted by atomic mass is 9.88. The standard InChI is InChI=1S/C53H33N5/c1-4-16-34(17-5-1)51-54-52(35-18-6-2-7-19-35)56-53(55-51)43-30-31-46-49-40(25-14-26-41(43)49)42-27-15-29-47(50(42)57(46)38-22-8-3-9-23-38)58-45-28-13-12-24-39(45)44-32-36-20-10-11-21-37(36)33-48(44)58/h1-33H. The second-order valence-corrected chi connectivity index (χ2v) is 14.8. The quantitative estimate of drug-likeness (QED) is 0.176. The summed E-state index contributed by atoms with van der Waals surface area (Å²) < 4.78 is 2.46. The van der Waals surface area contributed by atoms with Gasteiger partial charge in [0.2, 0.25) is 0 Å². The Kier molecular flexibility index (Phi) is 7.16. The maximum absolute atomic E-state index is 5.16. The van der Waals surface area contributed by atoms with Crippen LogP contribution >= 0.6 is 0 Å². The second-order valence-electron chi connectivity index (χ2n) is 14.8. The minimum atomic E-state index is 0.639. The van der Waals surface area contributed by atoms with Gasteiger partial charge in [-0.3, -0.25) is 0 Å². The summed E-state index contributed by atoms with van der Waals surface area (Å²) in [6.45, 7) is 0. The van der Waals surface area contributed by atoms with E-state index in [9.17, 15) is 0 Å². The summed E-state index contributed by atoms with van der Waals surface area (Å²) in [6.07, 6.45) is 0. The van der Waals surface area contributed by atoms with Crippen LogP contribution < -0.4 is 4.90 Å². The van der Waals surface area contributed by atoms with Crippen LogP contribution in [0.1, 0.15) is 0 Å². The van der Waals surface area contributed by atoms with Crippen LogP contribution in [0.25, 0.3) is 94.3 Å². The molecule has 1 aliphatic heterocycles. The Morgan fingerprint density at radius 1 is 0.345 bits per heavy atom. The first-order valence-electron chi connectivity index (χ1n) is 19.6. The summed E-state index contributed by atoms with van der Waals surface area (Å²) >= 11 is 0. The lowest BCUT2D eigenvalue weighted by Crippen LogP contribution is -2.18. The van der Waals surface area contributed by atoms with Gasteiger partial charge >= 0.3 is 0 Å². The number of para-hydroxylation sites is 3. The maximum Gasteiger partial charge on any atom is 0.164 e. The van der Waals surface area contributed by atoms with Crippen LogP contribution in [-0.4, -0.2) is 19.5 Å². The summed E-state index contributed by atoms with van der Waals surface area (Å²) in [5, 5.41) is 7.17. The summed E-state index contributed by atoms with van der Waals surface area (Å²) in [6, 6.07) is 71.0. The number of benzene rings is 9. The van der Waals surface area contributed by atoms with E-state index in [1.165, 1.54) is 38.1 Å². The first kappa shape index (κ1) is 32.4. The molecule has 0 saturated carbocycles. The van der Waals surface area contributed by atoms with Crippen LogP contribution in [0.4, 0.5) is 17.1 Å². The molecule has 9 aromatic carbocycles. The van der Waals surface area contributed by atoms with Crippen molar-refractivity contribution in [3.8, 4) is 51.0 Å². The SMILES string of the molecule is c1ccc(-c2nc(-c3ccccc3)nc(-c3ccc4c5c(cccc35)-c3cccc(-n5c6ccccc6c6cc7ccccc7cc65)c3N4c3ccccc3)n2)cc1. The van der Waals surface area contributed by atoms with Crippen molar-refractivity contribution in [3.05, 3.63) is 200 Å². The van der Waals surface area contributed by atoms with Crippen molar-refractivity contribution in [2.75, 3.05) is 4.90 Å². The third kappa shape index (κ3) is 4.93. The van der Waals surface area contributed by atoms with Crippen LogP contribution in [-0.2, 0) is 0 Å². The Morgan fingerprint density at radius 2 is 0.931 bits per heavy atom. The van der Waals surface area contributed by atoms with Crippen molar-refractivity contribution in [2.45, 2.75) is 0 Å². The van der Waals surface area contributed by atoms with E-state index in [4.69, 9.17) is 15.0 Å². The van der Waals surface area contributed by atoms with Gasteiger partial charge in [-0.15, -0.1) is 0 Å². The summed E-state index contributed by atoms with van der Waals surface area (Å²) in [4.78, 5) is 17.8. The number of nitrogens with zero attached hydrogens (tertiary/aromatic N) is 5. The van der Waals surface area contributed by atoms with E-state index in [0.717, 1.165) is 55.8 Å². The van der Waals surface area contributed by atoms with Crippen molar-refractivity contribution in [1.82, 2.24) is 19.5 Å². The van der Waals surface area contributed by atoms with E-state index < -0.39 is 0 Å². The fourth-order valence-corrected chi connectivity index (χ4v) is 8.97. The highest BCUT2D eigenvalue weighted by Crippen LogP contribution is 2.55. The van der Waals surface area contributed by atoms with Crippen molar-refractivity contribution in [2.24, 2.45) is 0 Å². The van der Waals surface area contributed by atoms with Crippen molar-refractivity contribution in [3.63, 3.8) is 0 Å². The highest BCUT2D eigenvalue weighted by molar-refractivity contribution is 6.19. The highest BCUT2D eigenvalue weighted by Gasteiger charge is 2.31. The normalized spacial score (nSPS) is 12.1. The molecule has 2 aromatic heterocycles. The maximum atomic E-state index is 5.16. The zero-order valence-electron chi connectivity index (χ0n) is 31.3. The Labute approximate surface area is 334 Å². The van der Waals surface area contributed by atoms with Gasteiger partial charge in [0.25, 0.3) is 0 Å². The average molecular weight is 740 g/mol. The van der Waals surface area contributed by atoms with Gasteiger partial charge in [0, 0.05) is 44.1 Å². The molecule has 0 N–H and O–H groups in total. The van der Waals surface area contributed by atoms with Crippen LogP contribution in [0.2, 0.25) is 0 Å². The van der Waals surface area contributed by atoms with E-state index in [1.807, 2.05) is 36.4 Å². The molecule has 0 atom stereocenters. The molecule has 0 radical (unpaired) electrons. The minimum absolute atomic E-state index is 0.639. The van der Waals surface area contributed by atoms with Gasteiger partial charge in [0.05, 0.1) is 28.1 Å². The van der Waals surface area contributed by atoms with Crippen LogP contribution in [0, 0.1) is 0 Å². The number of anilines is 3. The zero-order valence-corrected chi connectivity index (χ0v) is 31.3. The van der Waals surface area contributed by atoms with E-state index in [-0.39, 0.29) is 0 Å². The van der Waals surface area contributed by atoms with Gasteiger partial charge in [-0.25, -0.2) is 15.0 Å². The molecule has 0 saturated heterocycles. The minimum Gasteiger partial charge on any atom is -0.307 e. The molecule has 270 valence electrons. The predicted molar refractivity (Wildman–Crippen MR) is 239 cm³/mol. The van der Waals surface area contributed by atoms with Gasteiger partial charge in [0.15, 0.2) is 17.5 Å². The Morgan fingerprint density at radius 3 is 1.67 bits per heavy atom. The molecule has 11 aromatic rings. The van der Waals surface area contributed by atoms with E-state index in [0.29, 0.717) is 17.5 Å². The van der Waals surface area contributed by atoms with Gasteiger partial charge in [0.1, 0.15) is 0 Å². The third-order valence-corrected chi connectivity index (χ3v) is 11.5. The molecule has 12 rings (SSSR count). The summed E-state index contributed by atoms with van der Waals surface area (Å²) in [7, 11) is 0. The van der Waals surface area contributed by atoms with Crippen molar-refractivity contribution in [1.29, 1.82) is 0 Å². The average Bonchev–Trinajstić information content (AvgIpc) is 3.61. The number of fused-ring (bicyclic) bond motifs is 6. The molecule has 0 spiro atoms. The van der Waals surface area contributed by atoms with E-state index in [1.54, 1.807) is 0 Å². The molecule has 0 fully saturated rings. The first-order chi connectivity index (χ1) is 28.8. The zero-order chi connectivity index (χ0) is 38.2. The topological polar surface area (TPSA) is 46.8 Å². The van der Waals surface area contributed by atoms with Crippen molar-refractivity contribution >= 4 is 60.4 Å². The lowest BCUT2D eigenvalue weighted by molar-refractivity contribution is 1.08. The Hall–Kier alpha value is -7.89. The van der Waals surface area contributed by atoms with E-state index in [2.05, 4.69) is 173 Å². The van der Waals surface area contributed by atoms with E-state index >= 15 is 0 Å². The molecule has 0 amide bonds. The smallest absolute Gasteiger partial charge is 0.164 e. The second kappa shape index (κ2) is 12.8.